The minimum absolute atomic E-state index is 0.101. The Hall–Kier alpha value is -0.0900. The molecule has 0 aromatic carbocycles. The smallest absolute Gasteiger partial charge is 0.150 e. The van der Waals surface area contributed by atoms with Crippen LogP contribution in [-0.4, -0.2) is 32.0 Å². The highest BCUT2D eigenvalue weighted by molar-refractivity contribution is 7.91. The molecule has 1 N–H and O–H groups in total. The summed E-state index contributed by atoms with van der Waals surface area (Å²) < 4.78 is 23.1. The summed E-state index contributed by atoms with van der Waals surface area (Å²) in [5.74, 6) is 1.66. The van der Waals surface area contributed by atoms with Crippen LogP contribution >= 0.6 is 0 Å². The van der Waals surface area contributed by atoms with Crippen molar-refractivity contribution in [1.82, 2.24) is 5.32 Å². The van der Waals surface area contributed by atoms with E-state index in [0.29, 0.717) is 23.3 Å². The van der Waals surface area contributed by atoms with Gasteiger partial charge in [-0.1, -0.05) is 13.8 Å². The van der Waals surface area contributed by atoms with Crippen molar-refractivity contribution in [3.63, 3.8) is 0 Å². The zero-order valence-electron chi connectivity index (χ0n) is 9.62. The lowest BCUT2D eigenvalue weighted by Gasteiger charge is -2.39. The molecule has 0 bridgehead atoms. The molecular weight excluding hydrogens is 210 g/mol. The molecule has 0 spiro atoms. The molecule has 3 nitrogen and oxygen atoms in total. The number of hydrogen-bond donors (Lipinski definition) is 1. The molecule has 2 aliphatic heterocycles. The van der Waals surface area contributed by atoms with Crippen molar-refractivity contribution in [3.8, 4) is 0 Å². The summed E-state index contributed by atoms with van der Waals surface area (Å²) in [5, 5.41) is 3.58. The van der Waals surface area contributed by atoms with E-state index in [2.05, 4.69) is 19.2 Å². The van der Waals surface area contributed by atoms with Crippen LogP contribution in [0.5, 0.6) is 0 Å². The molecule has 4 heteroatoms. The molecule has 2 fully saturated rings. The van der Waals surface area contributed by atoms with Crippen molar-refractivity contribution >= 4 is 9.84 Å². The zero-order valence-corrected chi connectivity index (χ0v) is 10.4. The number of nitrogens with one attached hydrogen (secondary N) is 1. The summed E-state index contributed by atoms with van der Waals surface area (Å²) in [6, 6.07) is 0. The van der Waals surface area contributed by atoms with Gasteiger partial charge in [0.1, 0.15) is 0 Å². The molecule has 0 aromatic heterocycles. The van der Waals surface area contributed by atoms with Crippen LogP contribution in [0.15, 0.2) is 0 Å². The highest BCUT2D eigenvalue weighted by Crippen LogP contribution is 2.40. The fourth-order valence-electron chi connectivity index (χ4n) is 3.30. The Morgan fingerprint density at radius 3 is 2.53 bits per heavy atom. The van der Waals surface area contributed by atoms with Gasteiger partial charge in [0.2, 0.25) is 0 Å². The van der Waals surface area contributed by atoms with Gasteiger partial charge in [0.15, 0.2) is 9.84 Å². The van der Waals surface area contributed by atoms with Gasteiger partial charge in [-0.2, -0.15) is 0 Å². The van der Waals surface area contributed by atoms with Crippen LogP contribution in [0.1, 0.15) is 33.1 Å². The van der Waals surface area contributed by atoms with E-state index in [9.17, 15) is 8.42 Å². The van der Waals surface area contributed by atoms with Gasteiger partial charge in [0.25, 0.3) is 0 Å². The van der Waals surface area contributed by atoms with Gasteiger partial charge in [-0.3, -0.25) is 0 Å². The fraction of sp³-hybridized carbons (Fsp3) is 1.00. The van der Waals surface area contributed by atoms with Crippen molar-refractivity contribution in [2.75, 3.05) is 18.1 Å². The number of sulfone groups is 1. The zero-order chi connectivity index (χ0) is 11.1. The molecule has 0 radical (unpaired) electrons. The first-order valence-electron chi connectivity index (χ1n) is 5.92. The molecule has 2 rings (SSSR count). The highest BCUT2D eigenvalue weighted by atomic mass is 32.2. The van der Waals surface area contributed by atoms with Crippen molar-refractivity contribution in [2.24, 2.45) is 11.8 Å². The molecule has 0 aromatic rings. The van der Waals surface area contributed by atoms with E-state index >= 15 is 0 Å². The monoisotopic (exact) mass is 231 g/mol. The van der Waals surface area contributed by atoms with Crippen molar-refractivity contribution in [3.05, 3.63) is 0 Å². The normalized spacial score (nSPS) is 40.1. The van der Waals surface area contributed by atoms with Crippen LogP contribution in [0.4, 0.5) is 0 Å². The Labute approximate surface area is 92.6 Å². The molecule has 2 unspecified atom stereocenters. The first-order valence-corrected chi connectivity index (χ1v) is 7.74. The summed E-state index contributed by atoms with van der Waals surface area (Å²) in [6.07, 6.45) is 3.19. The molecule has 2 aliphatic rings. The van der Waals surface area contributed by atoms with Crippen molar-refractivity contribution in [1.29, 1.82) is 0 Å². The minimum Gasteiger partial charge on any atom is -0.311 e. The molecule has 15 heavy (non-hydrogen) atoms. The van der Waals surface area contributed by atoms with Crippen LogP contribution in [0.2, 0.25) is 0 Å². The average Bonchev–Trinajstić information content (AvgIpc) is 2.71. The molecule has 0 saturated carbocycles. The van der Waals surface area contributed by atoms with E-state index in [1.54, 1.807) is 0 Å². The van der Waals surface area contributed by atoms with Gasteiger partial charge in [0.05, 0.1) is 11.5 Å². The molecule has 2 heterocycles. The maximum atomic E-state index is 11.5. The topological polar surface area (TPSA) is 46.2 Å². The molecule has 2 saturated heterocycles. The lowest BCUT2D eigenvalue weighted by molar-refractivity contribution is 0.184. The van der Waals surface area contributed by atoms with Crippen LogP contribution in [-0.2, 0) is 9.84 Å². The predicted octanol–water partition coefficient (Wildman–Crippen LogP) is 1.20. The van der Waals surface area contributed by atoms with Crippen LogP contribution in [0.3, 0.4) is 0 Å². The third-order valence-corrected chi connectivity index (χ3v) is 5.98. The van der Waals surface area contributed by atoms with E-state index in [0.717, 1.165) is 19.4 Å². The van der Waals surface area contributed by atoms with E-state index < -0.39 is 9.84 Å². The van der Waals surface area contributed by atoms with E-state index in [1.165, 1.54) is 6.42 Å². The summed E-state index contributed by atoms with van der Waals surface area (Å²) in [7, 11) is -2.74. The van der Waals surface area contributed by atoms with E-state index in [-0.39, 0.29) is 5.54 Å². The Bertz CT molecular complexity index is 328. The lowest BCUT2D eigenvalue weighted by Crippen LogP contribution is -2.51. The largest absolute Gasteiger partial charge is 0.311 e. The third kappa shape index (κ3) is 1.94. The van der Waals surface area contributed by atoms with Gasteiger partial charge < -0.3 is 5.32 Å². The fourth-order valence-corrected chi connectivity index (χ4v) is 5.19. The predicted molar refractivity (Wildman–Crippen MR) is 61.6 cm³/mol. The summed E-state index contributed by atoms with van der Waals surface area (Å²) in [6.45, 7) is 5.47. The quantitative estimate of drug-likeness (QED) is 0.777. The minimum atomic E-state index is -2.74. The molecule has 2 atom stereocenters. The van der Waals surface area contributed by atoms with Crippen molar-refractivity contribution < 1.29 is 8.42 Å². The number of rotatable bonds is 2. The van der Waals surface area contributed by atoms with E-state index in [4.69, 9.17) is 0 Å². The molecule has 88 valence electrons. The van der Waals surface area contributed by atoms with Crippen molar-refractivity contribution in [2.45, 2.75) is 38.6 Å². The first-order chi connectivity index (χ1) is 6.96. The SMILES string of the molecule is CC(C)C1(C2CCS(=O)(=O)C2)CCCN1. The molecule has 0 aliphatic carbocycles. The van der Waals surface area contributed by atoms with Gasteiger partial charge >= 0.3 is 0 Å². The Morgan fingerprint density at radius 2 is 2.13 bits per heavy atom. The van der Waals surface area contributed by atoms with Gasteiger partial charge in [-0.15, -0.1) is 0 Å². The maximum absolute atomic E-state index is 11.5. The van der Waals surface area contributed by atoms with E-state index in [1.807, 2.05) is 0 Å². The Kier molecular flexibility index (Phi) is 2.84. The summed E-state index contributed by atoms with van der Waals surface area (Å²) in [5.41, 5.74) is 0.101. The lowest BCUT2D eigenvalue weighted by atomic mass is 9.74. The standard InChI is InChI=1S/C11H21NO2S/c1-9(2)11(5-3-6-12-11)10-4-7-15(13,14)8-10/h9-10,12H,3-8H2,1-2H3. The van der Waals surface area contributed by atoms with Crippen LogP contribution < -0.4 is 5.32 Å². The summed E-state index contributed by atoms with van der Waals surface area (Å²) in [4.78, 5) is 0. The maximum Gasteiger partial charge on any atom is 0.150 e. The molecule has 0 amide bonds. The number of hydrogen-bond acceptors (Lipinski definition) is 3. The second-order valence-electron chi connectivity index (χ2n) is 5.33. The van der Waals surface area contributed by atoms with Gasteiger partial charge in [0, 0.05) is 5.54 Å². The average molecular weight is 231 g/mol. The van der Waals surface area contributed by atoms with Crippen LogP contribution in [0.25, 0.3) is 0 Å². The molecular formula is C11H21NO2S. The second-order valence-corrected chi connectivity index (χ2v) is 7.55. The van der Waals surface area contributed by atoms with Crippen LogP contribution in [0, 0.1) is 11.8 Å². The van der Waals surface area contributed by atoms with Gasteiger partial charge in [-0.05, 0) is 37.6 Å². The first kappa shape index (κ1) is 11.4. The Balaban J connectivity index is 2.20. The second kappa shape index (κ2) is 3.74. The van der Waals surface area contributed by atoms with Gasteiger partial charge in [-0.25, -0.2) is 8.42 Å². The highest BCUT2D eigenvalue weighted by Gasteiger charge is 2.47. The summed E-state index contributed by atoms with van der Waals surface area (Å²) >= 11 is 0. The Morgan fingerprint density at radius 1 is 1.40 bits per heavy atom. The third-order valence-electron chi connectivity index (χ3n) is 4.21.